The van der Waals surface area contributed by atoms with Crippen molar-refractivity contribution in [3.63, 3.8) is 0 Å². The number of aryl methyl sites for hydroxylation is 2. The third-order valence-corrected chi connectivity index (χ3v) is 2.82. The van der Waals surface area contributed by atoms with Gasteiger partial charge in [-0.2, -0.15) is 0 Å². The van der Waals surface area contributed by atoms with Gasteiger partial charge in [0.2, 0.25) is 0 Å². The van der Waals surface area contributed by atoms with Gasteiger partial charge in [-0.15, -0.1) is 0 Å². The van der Waals surface area contributed by atoms with E-state index in [1.54, 1.807) is 0 Å². The molecule has 1 aromatic rings. The Balaban J connectivity index is 0.00000225. The SMILES string of the molecule is CCCCCCCCc1ccc[n+](C)c1.[Br-]. The van der Waals surface area contributed by atoms with Gasteiger partial charge in [-0.1, -0.05) is 39.0 Å². The smallest absolute Gasteiger partial charge is 0.171 e. The van der Waals surface area contributed by atoms with E-state index in [1.807, 2.05) is 0 Å². The zero-order chi connectivity index (χ0) is 10.9. The first-order valence-corrected chi connectivity index (χ1v) is 6.27. The highest BCUT2D eigenvalue weighted by molar-refractivity contribution is 5.05. The Labute approximate surface area is 111 Å². The minimum atomic E-state index is 0. The predicted octanol–water partition coefficient (Wildman–Crippen LogP) is 0.418. The van der Waals surface area contributed by atoms with Crippen molar-refractivity contribution < 1.29 is 21.5 Å². The summed E-state index contributed by atoms with van der Waals surface area (Å²) >= 11 is 0. The first-order valence-electron chi connectivity index (χ1n) is 6.27. The molecule has 2 heteroatoms. The van der Waals surface area contributed by atoms with E-state index in [1.165, 1.54) is 50.5 Å². The van der Waals surface area contributed by atoms with Crippen LogP contribution in [0, 0.1) is 0 Å². The molecule has 0 unspecified atom stereocenters. The molecule has 0 N–H and O–H groups in total. The Kier molecular flexibility index (Phi) is 9.60. The summed E-state index contributed by atoms with van der Waals surface area (Å²) in [5, 5.41) is 0. The van der Waals surface area contributed by atoms with E-state index >= 15 is 0 Å². The molecule has 1 nitrogen and oxygen atoms in total. The van der Waals surface area contributed by atoms with Gasteiger partial charge in [-0.25, -0.2) is 4.57 Å². The monoisotopic (exact) mass is 285 g/mol. The van der Waals surface area contributed by atoms with Gasteiger partial charge in [0.05, 0.1) is 0 Å². The number of rotatable bonds is 7. The maximum atomic E-state index is 2.27. The predicted molar refractivity (Wildman–Crippen MR) is 64.7 cm³/mol. The van der Waals surface area contributed by atoms with Crippen molar-refractivity contribution in [2.75, 3.05) is 0 Å². The number of nitrogens with zero attached hydrogens (tertiary/aromatic N) is 1. The van der Waals surface area contributed by atoms with Crippen LogP contribution in [0.25, 0.3) is 0 Å². The Morgan fingerprint density at radius 2 is 1.75 bits per heavy atom. The third-order valence-electron chi connectivity index (χ3n) is 2.82. The Hall–Kier alpha value is -0.370. The second-order valence-electron chi connectivity index (χ2n) is 4.40. The Morgan fingerprint density at radius 1 is 1.06 bits per heavy atom. The highest BCUT2D eigenvalue weighted by Crippen LogP contribution is 2.08. The van der Waals surface area contributed by atoms with E-state index in [4.69, 9.17) is 0 Å². The van der Waals surface area contributed by atoms with Crippen LogP contribution in [0.4, 0.5) is 0 Å². The lowest BCUT2D eigenvalue weighted by molar-refractivity contribution is -0.671. The van der Waals surface area contributed by atoms with Gasteiger partial charge in [0.25, 0.3) is 0 Å². The second-order valence-corrected chi connectivity index (χ2v) is 4.40. The van der Waals surface area contributed by atoms with Crippen LogP contribution in [0.3, 0.4) is 0 Å². The third kappa shape index (κ3) is 7.00. The molecule has 16 heavy (non-hydrogen) atoms. The van der Waals surface area contributed by atoms with Crippen LogP contribution in [0.5, 0.6) is 0 Å². The summed E-state index contributed by atoms with van der Waals surface area (Å²) in [5.41, 5.74) is 1.47. The van der Waals surface area contributed by atoms with E-state index in [2.05, 4.69) is 43.1 Å². The first kappa shape index (κ1) is 15.6. The molecule has 92 valence electrons. The number of halogens is 1. The van der Waals surface area contributed by atoms with Gasteiger partial charge in [0.1, 0.15) is 7.05 Å². The molecule has 0 fully saturated rings. The largest absolute Gasteiger partial charge is 1.00 e. The molecule has 0 amide bonds. The Morgan fingerprint density at radius 3 is 2.44 bits per heavy atom. The molecule has 0 saturated heterocycles. The summed E-state index contributed by atoms with van der Waals surface area (Å²) in [5.74, 6) is 0. The van der Waals surface area contributed by atoms with Gasteiger partial charge >= 0.3 is 0 Å². The van der Waals surface area contributed by atoms with Crippen molar-refractivity contribution in [2.24, 2.45) is 7.05 Å². The van der Waals surface area contributed by atoms with E-state index in [0.29, 0.717) is 0 Å². The molecule has 0 aliphatic carbocycles. The van der Waals surface area contributed by atoms with Crippen molar-refractivity contribution >= 4 is 0 Å². The van der Waals surface area contributed by atoms with Crippen LogP contribution in [-0.2, 0) is 13.5 Å². The van der Waals surface area contributed by atoms with Crippen molar-refractivity contribution in [1.82, 2.24) is 0 Å². The minimum Gasteiger partial charge on any atom is -1.00 e. The first-order chi connectivity index (χ1) is 7.33. The molecular weight excluding hydrogens is 262 g/mol. The van der Waals surface area contributed by atoms with E-state index in [-0.39, 0.29) is 17.0 Å². The Bertz CT molecular complexity index is 273. The van der Waals surface area contributed by atoms with Crippen LogP contribution >= 0.6 is 0 Å². The van der Waals surface area contributed by atoms with Crippen LogP contribution in [0.15, 0.2) is 24.5 Å². The molecule has 0 bridgehead atoms. The topological polar surface area (TPSA) is 3.88 Å². The number of hydrogen-bond acceptors (Lipinski definition) is 0. The van der Waals surface area contributed by atoms with E-state index in [9.17, 15) is 0 Å². The fourth-order valence-electron chi connectivity index (χ4n) is 1.91. The lowest BCUT2D eigenvalue weighted by Crippen LogP contribution is -3.00. The van der Waals surface area contributed by atoms with Crippen LogP contribution < -0.4 is 21.5 Å². The summed E-state index contributed by atoms with van der Waals surface area (Å²) in [4.78, 5) is 0. The fourth-order valence-corrected chi connectivity index (χ4v) is 1.91. The lowest BCUT2D eigenvalue weighted by atomic mass is 10.1. The molecule has 0 aromatic carbocycles. The van der Waals surface area contributed by atoms with Crippen LogP contribution in [0.2, 0.25) is 0 Å². The molecule has 1 heterocycles. The van der Waals surface area contributed by atoms with E-state index < -0.39 is 0 Å². The average Bonchev–Trinajstić information content (AvgIpc) is 2.23. The normalized spacial score (nSPS) is 9.88. The summed E-state index contributed by atoms with van der Waals surface area (Å²) in [7, 11) is 2.09. The lowest BCUT2D eigenvalue weighted by Gasteiger charge is -2.00. The van der Waals surface area contributed by atoms with Crippen LogP contribution in [-0.4, -0.2) is 0 Å². The molecule has 0 atom stereocenters. The summed E-state index contributed by atoms with van der Waals surface area (Å²) < 4.78 is 2.13. The van der Waals surface area contributed by atoms with Gasteiger partial charge in [0, 0.05) is 11.6 Å². The number of aromatic nitrogens is 1. The molecule has 1 rings (SSSR count). The number of hydrogen-bond donors (Lipinski definition) is 0. The maximum absolute atomic E-state index is 2.27. The van der Waals surface area contributed by atoms with Crippen molar-refractivity contribution in [3.8, 4) is 0 Å². The molecular formula is C14H24BrN. The summed E-state index contributed by atoms with van der Waals surface area (Å²) in [6.45, 7) is 2.27. The quantitative estimate of drug-likeness (QED) is 0.505. The van der Waals surface area contributed by atoms with Crippen molar-refractivity contribution in [2.45, 2.75) is 51.9 Å². The standard InChI is InChI=1S/C14H24N.BrH/c1-3-4-5-6-7-8-10-14-11-9-12-15(2)13-14;/h9,11-13H,3-8,10H2,1-2H3;1H/q+1;/p-1. The average molecular weight is 286 g/mol. The zero-order valence-electron chi connectivity index (χ0n) is 10.6. The number of pyridine rings is 1. The van der Waals surface area contributed by atoms with Crippen LogP contribution in [0.1, 0.15) is 51.0 Å². The van der Waals surface area contributed by atoms with Crippen molar-refractivity contribution in [1.29, 1.82) is 0 Å². The van der Waals surface area contributed by atoms with Crippen molar-refractivity contribution in [3.05, 3.63) is 30.1 Å². The van der Waals surface area contributed by atoms with Gasteiger partial charge < -0.3 is 17.0 Å². The second kappa shape index (κ2) is 9.83. The maximum Gasteiger partial charge on any atom is 0.171 e. The zero-order valence-corrected chi connectivity index (χ0v) is 12.2. The molecule has 0 aliphatic heterocycles. The summed E-state index contributed by atoms with van der Waals surface area (Å²) in [6, 6.07) is 4.36. The minimum absolute atomic E-state index is 0. The summed E-state index contributed by atoms with van der Waals surface area (Å²) in [6.07, 6.45) is 13.9. The number of unbranched alkanes of at least 4 members (excludes halogenated alkanes) is 5. The van der Waals surface area contributed by atoms with Gasteiger partial charge in [-0.05, 0) is 18.9 Å². The molecule has 1 aromatic heterocycles. The molecule has 0 radical (unpaired) electrons. The molecule has 0 saturated carbocycles. The van der Waals surface area contributed by atoms with Gasteiger partial charge in [-0.3, -0.25) is 0 Å². The fraction of sp³-hybridized carbons (Fsp3) is 0.643. The van der Waals surface area contributed by atoms with Gasteiger partial charge in [0.15, 0.2) is 12.4 Å². The highest BCUT2D eigenvalue weighted by atomic mass is 79.9. The van der Waals surface area contributed by atoms with E-state index in [0.717, 1.165) is 0 Å². The molecule has 0 aliphatic rings. The molecule has 0 spiro atoms. The highest BCUT2D eigenvalue weighted by Gasteiger charge is 1.97.